The van der Waals surface area contributed by atoms with Crippen LogP contribution in [0.15, 0.2) is 42.6 Å². The monoisotopic (exact) mass is 321 g/mol. The molecule has 2 aromatic carbocycles. The SMILES string of the molecule is Cc1cc2c(ccn2Cc2ccc(F)cc2)c2c(N)nc(N)nc12. The molecule has 0 atom stereocenters. The molecule has 0 aliphatic rings. The molecular formula is C18H16FN5. The van der Waals surface area contributed by atoms with E-state index in [1.807, 2.05) is 19.2 Å². The number of benzene rings is 2. The van der Waals surface area contributed by atoms with E-state index in [9.17, 15) is 4.39 Å². The minimum absolute atomic E-state index is 0.174. The number of hydrogen-bond acceptors (Lipinski definition) is 4. The van der Waals surface area contributed by atoms with E-state index in [2.05, 4.69) is 20.6 Å². The summed E-state index contributed by atoms with van der Waals surface area (Å²) >= 11 is 0. The highest BCUT2D eigenvalue weighted by Gasteiger charge is 2.13. The maximum absolute atomic E-state index is 13.1. The molecule has 24 heavy (non-hydrogen) atoms. The fourth-order valence-electron chi connectivity index (χ4n) is 3.10. The quantitative estimate of drug-likeness (QED) is 0.594. The summed E-state index contributed by atoms with van der Waals surface area (Å²) < 4.78 is 15.2. The van der Waals surface area contributed by atoms with Gasteiger partial charge >= 0.3 is 0 Å². The summed E-state index contributed by atoms with van der Waals surface area (Å²) in [5.41, 5.74) is 15.6. The zero-order valence-electron chi connectivity index (χ0n) is 13.1. The zero-order chi connectivity index (χ0) is 16.8. The Balaban J connectivity index is 1.92. The molecule has 0 bridgehead atoms. The summed E-state index contributed by atoms with van der Waals surface area (Å²) in [6.45, 7) is 2.62. The summed E-state index contributed by atoms with van der Waals surface area (Å²) in [6.07, 6.45) is 1.99. The molecule has 0 saturated carbocycles. The molecule has 4 aromatic rings. The average molecular weight is 321 g/mol. The van der Waals surface area contributed by atoms with Crippen molar-refractivity contribution in [2.75, 3.05) is 11.5 Å². The molecule has 0 amide bonds. The van der Waals surface area contributed by atoms with Gasteiger partial charge in [-0.05, 0) is 42.3 Å². The number of nitrogen functional groups attached to an aromatic ring is 2. The second kappa shape index (κ2) is 5.19. The van der Waals surface area contributed by atoms with Gasteiger partial charge in [0.2, 0.25) is 5.95 Å². The number of hydrogen-bond donors (Lipinski definition) is 2. The molecule has 0 fully saturated rings. The van der Waals surface area contributed by atoms with Crippen LogP contribution in [0.3, 0.4) is 0 Å². The number of aromatic nitrogens is 3. The smallest absolute Gasteiger partial charge is 0.222 e. The van der Waals surface area contributed by atoms with Crippen LogP contribution in [0.2, 0.25) is 0 Å². The summed E-state index contributed by atoms with van der Waals surface area (Å²) in [5, 5.41) is 1.80. The Labute approximate surface area is 137 Å². The number of nitrogens with zero attached hydrogens (tertiary/aromatic N) is 3. The number of halogens is 1. The third kappa shape index (κ3) is 2.23. The van der Waals surface area contributed by atoms with Crippen molar-refractivity contribution in [2.45, 2.75) is 13.5 Å². The largest absolute Gasteiger partial charge is 0.383 e. The Hall–Kier alpha value is -3.15. The molecule has 2 heterocycles. The lowest BCUT2D eigenvalue weighted by molar-refractivity contribution is 0.626. The van der Waals surface area contributed by atoms with Crippen molar-refractivity contribution in [3.63, 3.8) is 0 Å². The van der Waals surface area contributed by atoms with Crippen LogP contribution < -0.4 is 11.5 Å². The fourth-order valence-corrected chi connectivity index (χ4v) is 3.10. The standard InChI is InChI=1S/C18H16FN5/c1-10-8-14-13(15-16(10)22-18(21)23-17(15)20)6-7-24(14)9-11-2-4-12(19)5-3-11/h2-8H,9H2,1H3,(H4,20,21,22,23). The van der Waals surface area contributed by atoms with E-state index in [0.29, 0.717) is 12.4 Å². The van der Waals surface area contributed by atoms with Crippen molar-refractivity contribution in [3.8, 4) is 0 Å². The molecule has 0 saturated heterocycles. The summed E-state index contributed by atoms with van der Waals surface area (Å²) in [5.74, 6) is 0.319. The van der Waals surface area contributed by atoms with Crippen molar-refractivity contribution < 1.29 is 4.39 Å². The van der Waals surface area contributed by atoms with Crippen LogP contribution in [0.25, 0.3) is 21.8 Å². The first-order valence-corrected chi connectivity index (χ1v) is 7.58. The van der Waals surface area contributed by atoms with Crippen molar-refractivity contribution in [1.82, 2.24) is 14.5 Å². The molecule has 0 aliphatic carbocycles. The third-order valence-electron chi connectivity index (χ3n) is 4.22. The maximum Gasteiger partial charge on any atom is 0.222 e. The first-order valence-electron chi connectivity index (χ1n) is 7.58. The van der Waals surface area contributed by atoms with E-state index in [1.54, 1.807) is 12.1 Å². The van der Waals surface area contributed by atoms with Gasteiger partial charge in [-0.15, -0.1) is 0 Å². The van der Waals surface area contributed by atoms with Crippen molar-refractivity contribution in [2.24, 2.45) is 0 Å². The average Bonchev–Trinajstić information content (AvgIpc) is 2.92. The molecule has 0 unspecified atom stereocenters. The molecule has 4 rings (SSSR count). The van der Waals surface area contributed by atoms with Crippen LogP contribution in [-0.4, -0.2) is 14.5 Å². The van der Waals surface area contributed by atoms with Gasteiger partial charge in [0.15, 0.2) is 0 Å². The summed E-state index contributed by atoms with van der Waals surface area (Å²) in [7, 11) is 0. The van der Waals surface area contributed by atoms with Crippen LogP contribution in [-0.2, 0) is 6.54 Å². The predicted octanol–water partition coefficient (Wildman–Crippen LogP) is 3.24. The molecule has 5 nitrogen and oxygen atoms in total. The number of rotatable bonds is 2. The summed E-state index contributed by atoms with van der Waals surface area (Å²) in [6, 6.07) is 10.6. The molecule has 0 radical (unpaired) electrons. The van der Waals surface area contributed by atoms with Gasteiger partial charge in [0.1, 0.15) is 11.6 Å². The van der Waals surface area contributed by atoms with Crippen molar-refractivity contribution in [3.05, 3.63) is 59.5 Å². The highest BCUT2D eigenvalue weighted by atomic mass is 19.1. The fraction of sp³-hybridized carbons (Fsp3) is 0.111. The Morgan fingerprint density at radius 3 is 2.58 bits per heavy atom. The lowest BCUT2D eigenvalue weighted by Crippen LogP contribution is -2.03. The highest BCUT2D eigenvalue weighted by molar-refractivity contribution is 6.11. The van der Waals surface area contributed by atoms with Gasteiger partial charge in [-0.1, -0.05) is 12.1 Å². The first kappa shape index (κ1) is 14.4. The topological polar surface area (TPSA) is 82.8 Å². The molecular weight excluding hydrogens is 305 g/mol. The number of aryl methyl sites for hydroxylation is 1. The van der Waals surface area contributed by atoms with E-state index < -0.39 is 0 Å². The zero-order valence-corrected chi connectivity index (χ0v) is 13.1. The first-order chi connectivity index (χ1) is 11.5. The van der Waals surface area contributed by atoms with E-state index in [-0.39, 0.29) is 11.8 Å². The van der Waals surface area contributed by atoms with Crippen molar-refractivity contribution >= 4 is 33.6 Å². The molecule has 0 aliphatic heterocycles. The van der Waals surface area contributed by atoms with Gasteiger partial charge in [0.05, 0.1) is 10.9 Å². The van der Waals surface area contributed by atoms with Crippen molar-refractivity contribution in [1.29, 1.82) is 0 Å². The number of nitrogens with two attached hydrogens (primary N) is 2. The van der Waals surface area contributed by atoms with Gasteiger partial charge in [0.25, 0.3) is 0 Å². The Kier molecular flexibility index (Phi) is 3.13. The number of anilines is 2. The summed E-state index contributed by atoms with van der Waals surface area (Å²) in [4.78, 5) is 8.41. The second-order valence-electron chi connectivity index (χ2n) is 5.89. The van der Waals surface area contributed by atoms with Gasteiger partial charge in [-0.25, -0.2) is 9.37 Å². The normalized spacial score (nSPS) is 11.4. The van der Waals surface area contributed by atoms with E-state index >= 15 is 0 Å². The minimum atomic E-state index is -0.236. The van der Waals surface area contributed by atoms with Crippen LogP contribution in [0, 0.1) is 12.7 Å². The van der Waals surface area contributed by atoms with Gasteiger partial charge in [-0.2, -0.15) is 4.98 Å². The van der Waals surface area contributed by atoms with Crippen LogP contribution >= 0.6 is 0 Å². The van der Waals surface area contributed by atoms with Crippen LogP contribution in [0.1, 0.15) is 11.1 Å². The van der Waals surface area contributed by atoms with E-state index in [0.717, 1.165) is 32.9 Å². The molecule has 0 spiro atoms. The lowest BCUT2D eigenvalue weighted by Gasteiger charge is -2.10. The maximum atomic E-state index is 13.1. The predicted molar refractivity (Wildman–Crippen MR) is 94.1 cm³/mol. The third-order valence-corrected chi connectivity index (χ3v) is 4.22. The second-order valence-corrected chi connectivity index (χ2v) is 5.89. The minimum Gasteiger partial charge on any atom is -0.383 e. The molecule has 4 N–H and O–H groups in total. The van der Waals surface area contributed by atoms with E-state index in [1.165, 1.54) is 12.1 Å². The molecule has 6 heteroatoms. The lowest BCUT2D eigenvalue weighted by atomic mass is 10.1. The van der Waals surface area contributed by atoms with E-state index in [4.69, 9.17) is 11.5 Å². The Morgan fingerprint density at radius 1 is 1.08 bits per heavy atom. The van der Waals surface area contributed by atoms with Crippen LogP contribution in [0.5, 0.6) is 0 Å². The molecule has 120 valence electrons. The highest BCUT2D eigenvalue weighted by Crippen LogP contribution is 2.32. The van der Waals surface area contributed by atoms with Gasteiger partial charge < -0.3 is 16.0 Å². The Morgan fingerprint density at radius 2 is 1.83 bits per heavy atom. The molecule has 2 aromatic heterocycles. The Bertz CT molecular complexity index is 1070. The van der Waals surface area contributed by atoms with Gasteiger partial charge in [0, 0.05) is 23.6 Å². The van der Waals surface area contributed by atoms with Crippen LogP contribution in [0.4, 0.5) is 16.2 Å². The van der Waals surface area contributed by atoms with Gasteiger partial charge in [-0.3, -0.25) is 0 Å². The number of fused-ring (bicyclic) bond motifs is 3.